The summed E-state index contributed by atoms with van der Waals surface area (Å²) in [6.45, 7) is 11.5. The van der Waals surface area contributed by atoms with Gasteiger partial charge in [-0.2, -0.15) is 5.10 Å². The summed E-state index contributed by atoms with van der Waals surface area (Å²) < 4.78 is 2.07. The Morgan fingerprint density at radius 2 is 1.56 bits per heavy atom. The summed E-state index contributed by atoms with van der Waals surface area (Å²) in [4.78, 5) is 16.6. The summed E-state index contributed by atoms with van der Waals surface area (Å²) in [5.74, 6) is 0.801. The first kappa shape index (κ1) is 26.7. The van der Waals surface area contributed by atoms with Gasteiger partial charge in [-0.25, -0.2) is 4.68 Å². The number of amides is 1. The Bertz CT molecular complexity index is 1400. The van der Waals surface area contributed by atoms with E-state index in [0.717, 1.165) is 30.6 Å². The first-order valence-corrected chi connectivity index (χ1v) is 14.1. The van der Waals surface area contributed by atoms with Gasteiger partial charge in [0.2, 0.25) is 0 Å². The zero-order valence-corrected chi connectivity index (χ0v) is 23.8. The van der Waals surface area contributed by atoms with Crippen LogP contribution >= 0.6 is 0 Å². The number of carbonyl (C=O) groups excluding carboxylic acids is 1. The number of hydrogen-bond acceptors (Lipinski definition) is 3. The number of anilines is 1. The Balaban J connectivity index is 1.60. The highest BCUT2D eigenvalue weighted by molar-refractivity contribution is 5.99. The van der Waals surface area contributed by atoms with E-state index >= 15 is 0 Å². The fourth-order valence-electron chi connectivity index (χ4n) is 6.04. The van der Waals surface area contributed by atoms with Crippen LogP contribution in [0, 0.1) is 6.92 Å². The van der Waals surface area contributed by atoms with Crippen LogP contribution in [0.25, 0.3) is 0 Å². The minimum absolute atomic E-state index is 0.0805. The van der Waals surface area contributed by atoms with Crippen LogP contribution in [0.3, 0.4) is 0 Å². The molecular formula is C34H40N4O. The minimum atomic E-state index is -0.452. The molecule has 1 aliphatic heterocycles. The van der Waals surface area contributed by atoms with Crippen LogP contribution in [-0.2, 0) is 17.6 Å². The van der Waals surface area contributed by atoms with E-state index in [1.165, 1.54) is 16.7 Å². The molecule has 0 bridgehead atoms. The number of nitrogens with zero attached hydrogens (tertiary/aromatic N) is 3. The predicted molar refractivity (Wildman–Crippen MR) is 159 cm³/mol. The smallest absolute Gasteiger partial charge is 0.257 e. The van der Waals surface area contributed by atoms with Crippen molar-refractivity contribution in [2.75, 3.05) is 4.90 Å². The molecule has 2 heterocycles. The number of nitrogens with one attached hydrogen (secondary N) is 1. The number of aromatic nitrogens is 2. The van der Waals surface area contributed by atoms with Gasteiger partial charge in [-0.05, 0) is 56.7 Å². The van der Waals surface area contributed by atoms with E-state index < -0.39 is 5.54 Å². The Hall–Kier alpha value is -3.86. The fraction of sp³-hybridized carbons (Fsp3) is 0.353. The van der Waals surface area contributed by atoms with Gasteiger partial charge in [0.25, 0.3) is 5.91 Å². The van der Waals surface area contributed by atoms with Crippen LogP contribution in [0.2, 0.25) is 0 Å². The average Bonchev–Trinajstić information content (AvgIpc) is 3.42. The molecule has 1 aliphatic rings. The molecule has 0 aliphatic carbocycles. The Labute approximate surface area is 232 Å². The van der Waals surface area contributed by atoms with Crippen LogP contribution in [0.15, 0.2) is 91.1 Å². The molecule has 5 nitrogen and oxygen atoms in total. The SMILES string of the molecule is CCC(CC)(NC(=O)c1cnn2c1N(Cc1ccccc1)C(c1ccccc1)CC2(C)C)c1ccc(C)cc1. The van der Waals surface area contributed by atoms with E-state index in [0.29, 0.717) is 12.1 Å². The quantitative estimate of drug-likeness (QED) is 0.261. The van der Waals surface area contributed by atoms with Crippen molar-refractivity contribution in [2.45, 2.75) is 77.5 Å². The molecular weight excluding hydrogens is 480 g/mol. The lowest BCUT2D eigenvalue weighted by molar-refractivity contribution is 0.0889. The van der Waals surface area contributed by atoms with Crippen molar-refractivity contribution in [3.63, 3.8) is 0 Å². The molecule has 0 radical (unpaired) electrons. The average molecular weight is 521 g/mol. The summed E-state index contributed by atoms with van der Waals surface area (Å²) in [6, 6.07) is 29.8. The van der Waals surface area contributed by atoms with Crippen molar-refractivity contribution in [3.8, 4) is 0 Å². The van der Waals surface area contributed by atoms with Crippen molar-refractivity contribution >= 4 is 11.7 Å². The van der Waals surface area contributed by atoms with Gasteiger partial charge >= 0.3 is 0 Å². The molecule has 5 rings (SSSR count). The van der Waals surface area contributed by atoms with Crippen LogP contribution in [-0.4, -0.2) is 15.7 Å². The number of fused-ring (bicyclic) bond motifs is 1. The molecule has 202 valence electrons. The van der Waals surface area contributed by atoms with Gasteiger partial charge in [0, 0.05) is 6.54 Å². The molecule has 0 saturated heterocycles. The lowest BCUT2D eigenvalue weighted by Gasteiger charge is -2.46. The van der Waals surface area contributed by atoms with E-state index in [4.69, 9.17) is 5.10 Å². The van der Waals surface area contributed by atoms with Crippen molar-refractivity contribution < 1.29 is 4.79 Å². The lowest BCUT2D eigenvalue weighted by atomic mass is 9.84. The maximum atomic E-state index is 14.2. The second kappa shape index (κ2) is 10.7. The number of carbonyl (C=O) groups is 1. The van der Waals surface area contributed by atoms with Crippen molar-refractivity contribution in [3.05, 3.63) is 119 Å². The lowest BCUT2D eigenvalue weighted by Crippen LogP contribution is -2.47. The van der Waals surface area contributed by atoms with Crippen LogP contribution < -0.4 is 10.2 Å². The summed E-state index contributed by atoms with van der Waals surface area (Å²) in [7, 11) is 0. The molecule has 39 heavy (non-hydrogen) atoms. The zero-order chi connectivity index (χ0) is 27.6. The molecule has 0 fully saturated rings. The van der Waals surface area contributed by atoms with Crippen molar-refractivity contribution in [2.24, 2.45) is 0 Å². The molecule has 4 aromatic rings. The van der Waals surface area contributed by atoms with Gasteiger partial charge in [0.1, 0.15) is 11.4 Å². The predicted octanol–water partition coefficient (Wildman–Crippen LogP) is 7.52. The Morgan fingerprint density at radius 1 is 0.949 bits per heavy atom. The van der Waals surface area contributed by atoms with E-state index in [-0.39, 0.29) is 17.5 Å². The molecule has 1 N–H and O–H groups in total. The maximum Gasteiger partial charge on any atom is 0.257 e. The first-order valence-electron chi connectivity index (χ1n) is 14.1. The molecule has 1 atom stereocenters. The third kappa shape index (κ3) is 5.10. The highest BCUT2D eigenvalue weighted by Gasteiger charge is 2.42. The summed E-state index contributed by atoms with van der Waals surface area (Å²) in [6.07, 6.45) is 4.25. The summed E-state index contributed by atoms with van der Waals surface area (Å²) in [5.41, 5.74) is 4.71. The third-order valence-corrected chi connectivity index (χ3v) is 8.45. The van der Waals surface area contributed by atoms with Crippen LogP contribution in [0.4, 0.5) is 5.82 Å². The normalized spacial score (nSPS) is 16.5. The Kier molecular flexibility index (Phi) is 7.35. The second-order valence-electron chi connectivity index (χ2n) is 11.5. The zero-order valence-electron chi connectivity index (χ0n) is 23.8. The van der Waals surface area contributed by atoms with Crippen molar-refractivity contribution in [1.82, 2.24) is 15.1 Å². The molecule has 3 aromatic carbocycles. The molecule has 5 heteroatoms. The van der Waals surface area contributed by atoms with E-state index in [1.807, 2.05) is 6.07 Å². The topological polar surface area (TPSA) is 50.2 Å². The third-order valence-electron chi connectivity index (χ3n) is 8.45. The number of benzene rings is 3. The van der Waals surface area contributed by atoms with Gasteiger partial charge in [-0.15, -0.1) is 0 Å². The number of rotatable bonds is 8. The number of aryl methyl sites for hydroxylation is 1. The maximum absolute atomic E-state index is 14.2. The second-order valence-corrected chi connectivity index (χ2v) is 11.5. The monoisotopic (exact) mass is 520 g/mol. The summed E-state index contributed by atoms with van der Waals surface area (Å²) in [5, 5.41) is 8.30. The van der Waals surface area contributed by atoms with Gasteiger partial charge < -0.3 is 10.2 Å². The van der Waals surface area contributed by atoms with Gasteiger partial charge in [-0.1, -0.05) is 104 Å². The fourth-order valence-corrected chi connectivity index (χ4v) is 6.04. The first-order chi connectivity index (χ1) is 18.8. The van der Waals surface area contributed by atoms with E-state index in [2.05, 4.69) is 128 Å². The Morgan fingerprint density at radius 3 is 2.18 bits per heavy atom. The van der Waals surface area contributed by atoms with Gasteiger partial charge in [-0.3, -0.25) is 4.79 Å². The highest BCUT2D eigenvalue weighted by Crippen LogP contribution is 2.45. The van der Waals surface area contributed by atoms with Crippen LogP contribution in [0.5, 0.6) is 0 Å². The van der Waals surface area contributed by atoms with E-state index in [1.54, 1.807) is 6.20 Å². The summed E-state index contributed by atoms with van der Waals surface area (Å²) >= 11 is 0. The molecule has 1 aromatic heterocycles. The highest BCUT2D eigenvalue weighted by atomic mass is 16.2. The molecule has 1 amide bonds. The minimum Gasteiger partial charge on any atom is -0.345 e. The van der Waals surface area contributed by atoms with Crippen LogP contribution in [0.1, 0.15) is 85.6 Å². The molecule has 1 unspecified atom stereocenters. The molecule has 0 saturated carbocycles. The molecule has 0 spiro atoms. The van der Waals surface area contributed by atoms with Gasteiger partial charge in [0.05, 0.1) is 23.3 Å². The van der Waals surface area contributed by atoms with Gasteiger partial charge in [0.15, 0.2) is 0 Å². The van der Waals surface area contributed by atoms with E-state index in [9.17, 15) is 4.79 Å². The standard InChI is InChI=1S/C34H40N4O/c1-6-34(7-2,28-20-18-25(3)19-21-28)36-31(39)29-23-35-38-32(29)37(24-26-14-10-8-11-15-26)30(22-33(38,4)5)27-16-12-9-13-17-27/h8-21,23,30H,6-7,22,24H2,1-5H3,(H,36,39). The largest absolute Gasteiger partial charge is 0.345 e. The van der Waals surface area contributed by atoms with Crippen molar-refractivity contribution in [1.29, 1.82) is 0 Å². The number of hydrogen-bond donors (Lipinski definition) is 1.